The van der Waals surface area contributed by atoms with Crippen molar-refractivity contribution in [3.05, 3.63) is 71.2 Å². The van der Waals surface area contributed by atoms with E-state index in [0.29, 0.717) is 92.1 Å². The average Bonchev–Trinajstić information content (AvgIpc) is 3.86. The van der Waals surface area contributed by atoms with Crippen molar-refractivity contribution in [3.8, 4) is 11.9 Å². The van der Waals surface area contributed by atoms with Gasteiger partial charge >= 0.3 is 0 Å². The van der Waals surface area contributed by atoms with Crippen LogP contribution in [0, 0.1) is 17.2 Å². The monoisotopic (exact) mass is 790 g/mol. The molecule has 5 amide bonds. The molecule has 1 atom stereocenters. The van der Waals surface area contributed by atoms with E-state index in [-0.39, 0.29) is 35.9 Å². The lowest BCUT2D eigenvalue weighted by atomic mass is 9.81. The molecule has 2 saturated carbocycles. The van der Waals surface area contributed by atoms with Gasteiger partial charge in [0.15, 0.2) is 11.5 Å². The second kappa shape index (κ2) is 17.1. The van der Waals surface area contributed by atoms with Crippen molar-refractivity contribution < 1.29 is 38.2 Å². The van der Waals surface area contributed by atoms with Crippen LogP contribution in [0.5, 0.6) is 0 Å². The summed E-state index contributed by atoms with van der Waals surface area (Å²) < 4.78 is 18.7. The van der Waals surface area contributed by atoms with Crippen molar-refractivity contribution in [2.45, 2.75) is 56.7 Å². The fraction of sp³-hybridized carbons (Fsp3) is 0.425. The molecule has 0 bridgehead atoms. The van der Waals surface area contributed by atoms with Crippen LogP contribution in [0.3, 0.4) is 0 Å². The van der Waals surface area contributed by atoms with Gasteiger partial charge in [0.05, 0.1) is 67.2 Å². The van der Waals surface area contributed by atoms with Crippen LogP contribution < -0.4 is 21.3 Å². The summed E-state index contributed by atoms with van der Waals surface area (Å²) in [5.41, 5.74) is 3.07. The molecule has 0 spiro atoms. The third-order valence-corrected chi connectivity index (χ3v) is 10.5. The van der Waals surface area contributed by atoms with Crippen LogP contribution in [0.15, 0.2) is 48.9 Å². The number of piperidine rings is 1. The quantitative estimate of drug-likeness (QED) is 0.0838. The van der Waals surface area contributed by atoms with Crippen LogP contribution in [0.25, 0.3) is 16.9 Å². The van der Waals surface area contributed by atoms with Crippen molar-refractivity contribution in [3.63, 3.8) is 0 Å². The van der Waals surface area contributed by atoms with Crippen LogP contribution in [0.2, 0.25) is 0 Å². The third-order valence-electron chi connectivity index (χ3n) is 10.5. The Labute approximate surface area is 332 Å². The number of nitrogens with zero attached hydrogens (tertiary/aromatic N) is 6. The van der Waals surface area contributed by atoms with Crippen LogP contribution in [-0.4, -0.2) is 118 Å². The van der Waals surface area contributed by atoms with Gasteiger partial charge in [-0.05, 0) is 56.2 Å². The van der Waals surface area contributed by atoms with E-state index in [1.807, 2.05) is 6.07 Å². The van der Waals surface area contributed by atoms with Gasteiger partial charge in [0.2, 0.25) is 11.8 Å². The number of carbonyl (C=O) groups excluding carboxylic acids is 5. The van der Waals surface area contributed by atoms with Crippen molar-refractivity contribution in [2.75, 3.05) is 56.8 Å². The van der Waals surface area contributed by atoms with Crippen LogP contribution >= 0.6 is 0 Å². The van der Waals surface area contributed by atoms with Gasteiger partial charge in [0.25, 0.3) is 17.7 Å². The standard InChI is InChI=1S/C40H42N10O8/c41-18-24-14-25-20-45-50(36(25)44-19-24)33-17-31(46-26-4-5-26)29(21-43-33)37(52)47-27-15-23(16-27)22-58-13-12-57-11-10-56-9-8-42-30-3-1-2-28-35(30)40(55)49(39(28)54)32-6-7-34(51)48-38(32)53/h1-3,14,17,19-21,23,26-27,32,42H,4-13,15-16,22H2,(H,43,46)(H,47,52)(H,48,51,53). The number of amides is 5. The number of imide groups is 2. The molecule has 1 aromatic carbocycles. The van der Waals surface area contributed by atoms with Gasteiger partial charge in [-0.2, -0.15) is 15.0 Å². The van der Waals surface area contributed by atoms with Crippen molar-refractivity contribution in [2.24, 2.45) is 5.92 Å². The lowest BCUT2D eigenvalue weighted by Crippen LogP contribution is -2.54. The first-order valence-electron chi connectivity index (χ1n) is 19.4. The van der Waals surface area contributed by atoms with E-state index in [2.05, 4.69) is 42.4 Å². The Morgan fingerprint density at radius 3 is 2.47 bits per heavy atom. The number of hydrogen-bond donors (Lipinski definition) is 4. The molecule has 3 fully saturated rings. The smallest absolute Gasteiger partial charge is 0.264 e. The molecule has 0 radical (unpaired) electrons. The molecule has 58 heavy (non-hydrogen) atoms. The predicted molar refractivity (Wildman–Crippen MR) is 206 cm³/mol. The second-order valence-corrected chi connectivity index (χ2v) is 14.7. The summed E-state index contributed by atoms with van der Waals surface area (Å²) in [6, 6.07) is 9.87. The van der Waals surface area contributed by atoms with Gasteiger partial charge in [0.1, 0.15) is 12.1 Å². The Kier molecular flexibility index (Phi) is 11.3. The SMILES string of the molecule is N#Cc1cnc2c(cnn2-c2cc(NC3CC3)c(C(=O)NC3CC(COCCOCCOCCNc4cccc5c4C(=O)N(C4CCC(=O)NC4=O)C5=O)C3)cn2)c1. The maximum Gasteiger partial charge on any atom is 0.264 e. The number of nitriles is 1. The number of nitrogens with one attached hydrogen (secondary N) is 4. The van der Waals surface area contributed by atoms with E-state index in [1.165, 1.54) is 6.20 Å². The normalized spacial score (nSPS) is 20.1. The molecule has 8 rings (SSSR count). The molecule has 2 aliphatic carbocycles. The Balaban J connectivity index is 0.698. The minimum atomic E-state index is -1.02. The van der Waals surface area contributed by atoms with E-state index in [9.17, 15) is 29.2 Å². The molecule has 2 aliphatic heterocycles. The fourth-order valence-corrected chi connectivity index (χ4v) is 7.32. The van der Waals surface area contributed by atoms with Crippen LogP contribution in [-0.2, 0) is 23.8 Å². The molecule has 5 heterocycles. The number of hydrogen-bond acceptors (Lipinski definition) is 14. The first-order chi connectivity index (χ1) is 28.3. The number of pyridine rings is 2. The van der Waals surface area contributed by atoms with Gasteiger partial charge in [0, 0.05) is 61.2 Å². The highest BCUT2D eigenvalue weighted by molar-refractivity contribution is 6.25. The Morgan fingerprint density at radius 2 is 1.69 bits per heavy atom. The first-order valence-corrected chi connectivity index (χ1v) is 19.4. The van der Waals surface area contributed by atoms with Gasteiger partial charge < -0.3 is 30.2 Å². The number of rotatable bonds is 18. The minimum Gasteiger partial charge on any atom is -0.382 e. The first kappa shape index (κ1) is 38.6. The van der Waals surface area contributed by atoms with E-state index in [1.54, 1.807) is 41.3 Å². The van der Waals surface area contributed by atoms with Crippen molar-refractivity contribution in [1.82, 2.24) is 35.3 Å². The number of fused-ring (bicyclic) bond motifs is 2. The zero-order valence-corrected chi connectivity index (χ0v) is 31.6. The average molecular weight is 791 g/mol. The van der Waals surface area contributed by atoms with Gasteiger partial charge in [-0.3, -0.25) is 34.2 Å². The van der Waals surface area contributed by atoms with E-state index in [4.69, 9.17) is 14.2 Å². The molecule has 300 valence electrons. The molecule has 4 aliphatic rings. The Bertz CT molecular complexity index is 2300. The molecule has 1 saturated heterocycles. The number of ether oxygens (including phenoxy) is 3. The van der Waals surface area contributed by atoms with Crippen molar-refractivity contribution in [1.29, 1.82) is 5.26 Å². The highest BCUT2D eigenvalue weighted by Gasteiger charge is 2.45. The molecule has 4 N–H and O–H groups in total. The molecular formula is C40H42N10O8. The molecular weight excluding hydrogens is 749 g/mol. The summed E-state index contributed by atoms with van der Waals surface area (Å²) in [6.07, 6.45) is 8.56. The number of anilines is 2. The van der Waals surface area contributed by atoms with E-state index < -0.39 is 29.7 Å². The second-order valence-electron chi connectivity index (χ2n) is 14.7. The molecule has 3 aromatic heterocycles. The Hall–Kier alpha value is -6.29. The maximum atomic E-state index is 13.3. The zero-order valence-electron chi connectivity index (χ0n) is 31.6. The van der Waals surface area contributed by atoms with Crippen LogP contribution in [0.1, 0.15) is 75.2 Å². The third kappa shape index (κ3) is 8.37. The minimum absolute atomic E-state index is 0.0457. The number of benzene rings is 1. The topological polar surface area (TPSA) is 232 Å². The zero-order chi connectivity index (χ0) is 40.2. The molecule has 4 aromatic rings. The summed E-state index contributed by atoms with van der Waals surface area (Å²) in [5.74, 6) is -1.52. The van der Waals surface area contributed by atoms with Crippen molar-refractivity contribution >= 4 is 51.9 Å². The largest absolute Gasteiger partial charge is 0.382 e. The van der Waals surface area contributed by atoms with E-state index >= 15 is 0 Å². The molecule has 18 heteroatoms. The van der Waals surface area contributed by atoms with Crippen LogP contribution in [0.4, 0.5) is 11.4 Å². The number of carbonyl (C=O) groups is 5. The molecule has 18 nitrogen and oxygen atoms in total. The fourth-order valence-electron chi connectivity index (χ4n) is 7.32. The lowest BCUT2D eigenvalue weighted by molar-refractivity contribution is -0.136. The lowest BCUT2D eigenvalue weighted by Gasteiger charge is -2.35. The number of aromatic nitrogens is 4. The molecule has 1 unspecified atom stereocenters. The van der Waals surface area contributed by atoms with Gasteiger partial charge in [-0.15, -0.1) is 0 Å². The highest BCUT2D eigenvalue weighted by atomic mass is 16.5. The van der Waals surface area contributed by atoms with Gasteiger partial charge in [-0.1, -0.05) is 6.07 Å². The summed E-state index contributed by atoms with van der Waals surface area (Å²) in [6.45, 7) is 2.86. The Morgan fingerprint density at radius 1 is 0.897 bits per heavy atom. The predicted octanol–water partition coefficient (Wildman–Crippen LogP) is 2.33. The summed E-state index contributed by atoms with van der Waals surface area (Å²) in [7, 11) is 0. The highest BCUT2D eigenvalue weighted by Crippen LogP contribution is 2.33. The summed E-state index contributed by atoms with van der Waals surface area (Å²) >= 11 is 0. The maximum absolute atomic E-state index is 13.3. The summed E-state index contributed by atoms with van der Waals surface area (Å²) in [5, 5.41) is 26.3. The van der Waals surface area contributed by atoms with E-state index in [0.717, 1.165) is 36.0 Å². The van der Waals surface area contributed by atoms with Gasteiger partial charge in [-0.25, -0.2) is 9.97 Å². The summed E-state index contributed by atoms with van der Waals surface area (Å²) in [4.78, 5) is 73.4.